The van der Waals surface area contributed by atoms with Crippen molar-refractivity contribution in [2.75, 3.05) is 0 Å². The number of hydrogen-bond donors (Lipinski definition) is 0. The van der Waals surface area contributed by atoms with Crippen LogP contribution in [-0.4, -0.2) is 22.3 Å². The van der Waals surface area contributed by atoms with Crippen LogP contribution in [0, 0.1) is 16.0 Å². The third-order valence-corrected chi connectivity index (χ3v) is 4.07. The second-order valence-electron chi connectivity index (χ2n) is 5.63. The highest BCUT2D eigenvalue weighted by molar-refractivity contribution is 6.49. The van der Waals surface area contributed by atoms with Gasteiger partial charge in [0.1, 0.15) is 0 Å². The summed E-state index contributed by atoms with van der Waals surface area (Å²) in [5.74, 6) is -0.977. The second-order valence-corrected chi connectivity index (χ2v) is 6.01. The summed E-state index contributed by atoms with van der Waals surface area (Å²) in [7, 11) is 0. The van der Waals surface area contributed by atoms with Crippen LogP contribution in [0.25, 0.3) is 0 Å². The largest absolute Gasteiger partial charge is 0.288 e. The first-order valence-electron chi connectivity index (χ1n) is 7.23. The van der Waals surface area contributed by atoms with Gasteiger partial charge in [0.15, 0.2) is 0 Å². The highest BCUT2D eigenvalue weighted by Crippen LogP contribution is 2.27. The van der Waals surface area contributed by atoms with E-state index in [4.69, 9.17) is 11.6 Å². The number of amides is 1. The molecule has 0 aliphatic heterocycles. The van der Waals surface area contributed by atoms with Crippen LogP contribution in [0.3, 0.4) is 0 Å². The number of ketones is 1. The summed E-state index contributed by atoms with van der Waals surface area (Å²) < 4.78 is 0. The van der Waals surface area contributed by atoms with Gasteiger partial charge in [0.05, 0.1) is 15.7 Å². The van der Waals surface area contributed by atoms with Crippen molar-refractivity contribution in [1.82, 2.24) is 0 Å². The summed E-state index contributed by atoms with van der Waals surface area (Å²) in [6.07, 6.45) is 1.55. The molecule has 0 spiro atoms. The number of Topliss-reactive ketones (excluding diaryl/α,β-unsaturated/α-hetero) is 1. The van der Waals surface area contributed by atoms with Gasteiger partial charge in [-0.15, -0.1) is 0 Å². The van der Waals surface area contributed by atoms with Gasteiger partial charge in [0, 0.05) is 23.3 Å². The summed E-state index contributed by atoms with van der Waals surface area (Å²) in [5, 5.41) is 10.8. The van der Waals surface area contributed by atoms with E-state index in [-0.39, 0.29) is 28.0 Å². The van der Waals surface area contributed by atoms with E-state index in [1.54, 1.807) is 13.0 Å². The van der Waals surface area contributed by atoms with Gasteiger partial charge in [-0.25, -0.2) is 4.99 Å². The predicted octanol–water partition coefficient (Wildman–Crippen LogP) is 3.85. The van der Waals surface area contributed by atoms with Crippen LogP contribution in [0.4, 0.5) is 5.69 Å². The summed E-state index contributed by atoms with van der Waals surface area (Å²) in [5.41, 5.74) is 1.07. The Labute approximate surface area is 143 Å². The van der Waals surface area contributed by atoms with E-state index in [0.717, 1.165) is 6.07 Å². The van der Waals surface area contributed by atoms with E-state index in [9.17, 15) is 19.7 Å². The zero-order valence-electron chi connectivity index (χ0n) is 13.4. The van der Waals surface area contributed by atoms with Crippen LogP contribution in [0.15, 0.2) is 51.5 Å². The first-order chi connectivity index (χ1) is 11.2. The Kier molecular flexibility index (Phi) is 5.09. The molecule has 0 radical (unpaired) electrons. The summed E-state index contributed by atoms with van der Waals surface area (Å²) in [4.78, 5) is 38.6. The number of benzene rings is 1. The van der Waals surface area contributed by atoms with Gasteiger partial charge in [-0.1, -0.05) is 31.5 Å². The fraction of sp³-hybridized carbons (Fsp3) is 0.235. The van der Waals surface area contributed by atoms with Crippen molar-refractivity contribution >= 4 is 34.7 Å². The number of allylic oxidation sites excluding steroid dienone is 4. The lowest BCUT2D eigenvalue weighted by molar-refractivity contribution is -0.384. The molecular formula is C17H15ClN2O4. The Bertz CT molecular complexity index is 835. The maximum absolute atomic E-state index is 12.3. The molecule has 0 unspecified atom stereocenters. The van der Waals surface area contributed by atoms with E-state index < -0.39 is 10.8 Å². The fourth-order valence-corrected chi connectivity index (χ4v) is 2.41. The molecule has 6 nitrogen and oxygen atoms in total. The number of halogens is 1. The molecule has 124 valence electrons. The van der Waals surface area contributed by atoms with Crippen LogP contribution < -0.4 is 0 Å². The maximum Gasteiger partial charge on any atom is 0.277 e. The molecule has 1 aliphatic carbocycles. The lowest BCUT2D eigenvalue weighted by atomic mass is 9.90. The minimum Gasteiger partial charge on any atom is -0.288 e. The van der Waals surface area contributed by atoms with E-state index in [2.05, 4.69) is 4.99 Å². The summed E-state index contributed by atoms with van der Waals surface area (Å²) >= 11 is 6.06. The first kappa shape index (κ1) is 17.7. The molecule has 0 heterocycles. The van der Waals surface area contributed by atoms with Crippen molar-refractivity contribution in [3.63, 3.8) is 0 Å². The third-order valence-electron chi connectivity index (χ3n) is 3.62. The quantitative estimate of drug-likeness (QED) is 0.472. The molecule has 0 saturated heterocycles. The lowest BCUT2D eigenvalue weighted by Crippen LogP contribution is -2.19. The zero-order valence-corrected chi connectivity index (χ0v) is 14.1. The molecule has 0 fully saturated rings. The minimum absolute atomic E-state index is 0.0341. The Balaban J connectivity index is 2.45. The Morgan fingerprint density at radius 2 is 2.00 bits per heavy atom. The molecule has 1 aliphatic rings. The van der Waals surface area contributed by atoms with Crippen LogP contribution >= 0.6 is 11.6 Å². The van der Waals surface area contributed by atoms with E-state index in [0.29, 0.717) is 16.9 Å². The fourth-order valence-electron chi connectivity index (χ4n) is 2.20. The van der Waals surface area contributed by atoms with Gasteiger partial charge in [-0.05, 0) is 30.6 Å². The molecule has 0 saturated carbocycles. The van der Waals surface area contributed by atoms with Gasteiger partial charge in [0.25, 0.3) is 11.6 Å². The van der Waals surface area contributed by atoms with Crippen molar-refractivity contribution in [3.8, 4) is 0 Å². The smallest absolute Gasteiger partial charge is 0.277 e. The van der Waals surface area contributed by atoms with Gasteiger partial charge in [-0.2, -0.15) is 0 Å². The van der Waals surface area contributed by atoms with Crippen LogP contribution in [0.1, 0.15) is 31.1 Å². The van der Waals surface area contributed by atoms with Crippen LogP contribution in [0.5, 0.6) is 0 Å². The molecule has 0 bridgehead atoms. The number of non-ortho nitro benzene ring substituents is 1. The highest BCUT2D eigenvalue weighted by Gasteiger charge is 2.26. The van der Waals surface area contributed by atoms with E-state index in [1.165, 1.54) is 18.2 Å². The van der Waals surface area contributed by atoms with E-state index >= 15 is 0 Å². The highest BCUT2D eigenvalue weighted by atomic mass is 35.5. The molecule has 1 aromatic carbocycles. The maximum atomic E-state index is 12.3. The molecular weight excluding hydrogens is 332 g/mol. The minimum atomic E-state index is -0.633. The van der Waals surface area contributed by atoms with Crippen LogP contribution in [0.2, 0.25) is 0 Å². The zero-order chi connectivity index (χ0) is 18.0. The first-order valence-corrected chi connectivity index (χ1v) is 7.60. The van der Waals surface area contributed by atoms with Crippen molar-refractivity contribution in [3.05, 3.63) is 62.2 Å². The van der Waals surface area contributed by atoms with Gasteiger partial charge in [0.2, 0.25) is 5.78 Å². The number of nitro benzene ring substituents is 1. The van der Waals surface area contributed by atoms with E-state index in [1.807, 2.05) is 13.8 Å². The normalized spacial score (nSPS) is 16.6. The SMILES string of the molecule is CC1=C(Cl)C(=O)C(C(C)C)=CC1=NC(=O)c1cccc([N+](=O)[O-])c1. The lowest BCUT2D eigenvalue weighted by Gasteiger charge is -2.17. The summed E-state index contributed by atoms with van der Waals surface area (Å²) in [6, 6.07) is 5.32. The topological polar surface area (TPSA) is 89.6 Å². The molecule has 1 amide bonds. The third kappa shape index (κ3) is 3.49. The van der Waals surface area contributed by atoms with Gasteiger partial charge >= 0.3 is 0 Å². The molecule has 0 N–H and O–H groups in total. The number of rotatable bonds is 3. The number of nitro groups is 1. The molecule has 2 rings (SSSR count). The Morgan fingerprint density at radius 1 is 1.33 bits per heavy atom. The number of carbonyl (C=O) groups is 2. The number of nitrogens with zero attached hydrogens (tertiary/aromatic N) is 2. The summed E-state index contributed by atoms with van der Waals surface area (Å²) in [6.45, 7) is 5.29. The van der Waals surface area contributed by atoms with Crippen molar-refractivity contribution < 1.29 is 14.5 Å². The molecule has 0 atom stereocenters. The Morgan fingerprint density at radius 3 is 2.58 bits per heavy atom. The average Bonchev–Trinajstić information content (AvgIpc) is 2.55. The van der Waals surface area contributed by atoms with Crippen molar-refractivity contribution in [2.45, 2.75) is 20.8 Å². The monoisotopic (exact) mass is 346 g/mol. The average molecular weight is 347 g/mol. The van der Waals surface area contributed by atoms with Gasteiger partial charge in [-0.3, -0.25) is 19.7 Å². The van der Waals surface area contributed by atoms with Crippen LogP contribution in [-0.2, 0) is 4.79 Å². The standard InChI is InChI=1S/C17H15ClN2O4/c1-9(2)13-8-14(10(3)15(18)16(13)21)19-17(22)11-5-4-6-12(7-11)20(23)24/h4-9H,1-3H3. The van der Waals surface area contributed by atoms with Crippen molar-refractivity contribution in [1.29, 1.82) is 0 Å². The second kappa shape index (κ2) is 6.88. The number of carbonyl (C=O) groups excluding carboxylic acids is 2. The molecule has 0 aromatic heterocycles. The number of hydrogen-bond acceptors (Lipinski definition) is 4. The predicted molar refractivity (Wildman–Crippen MR) is 91.3 cm³/mol. The Hall–Kier alpha value is -2.60. The number of aliphatic imine (C=N–C) groups is 1. The molecule has 7 heteroatoms. The molecule has 1 aromatic rings. The van der Waals surface area contributed by atoms with Crippen molar-refractivity contribution in [2.24, 2.45) is 10.9 Å². The van der Waals surface area contributed by atoms with Gasteiger partial charge < -0.3 is 0 Å². The molecule has 24 heavy (non-hydrogen) atoms.